The molecule has 7 heteroatoms. The van der Waals surface area contributed by atoms with Gasteiger partial charge in [0.05, 0.1) is 18.1 Å². The fourth-order valence-electron chi connectivity index (χ4n) is 2.95. The highest BCUT2D eigenvalue weighted by atomic mass is 16.5. The molecule has 7 nitrogen and oxygen atoms in total. The summed E-state index contributed by atoms with van der Waals surface area (Å²) in [5.74, 6) is 2.22. The third-order valence-corrected chi connectivity index (χ3v) is 4.37. The van der Waals surface area contributed by atoms with E-state index in [4.69, 9.17) is 4.74 Å². The second kappa shape index (κ2) is 8.52. The summed E-state index contributed by atoms with van der Waals surface area (Å²) >= 11 is 0. The lowest BCUT2D eigenvalue weighted by Gasteiger charge is -2.09. The quantitative estimate of drug-likeness (QED) is 0.520. The van der Waals surface area contributed by atoms with Crippen molar-refractivity contribution in [3.05, 3.63) is 89.8 Å². The lowest BCUT2D eigenvalue weighted by molar-refractivity contribution is 0.305. The Morgan fingerprint density at radius 3 is 2.55 bits per heavy atom. The first-order valence-corrected chi connectivity index (χ1v) is 9.37. The summed E-state index contributed by atoms with van der Waals surface area (Å²) in [6.07, 6.45) is 6.97. The van der Waals surface area contributed by atoms with Gasteiger partial charge in [0.15, 0.2) is 5.82 Å². The van der Waals surface area contributed by atoms with Crippen molar-refractivity contribution in [3.63, 3.8) is 0 Å². The monoisotopic (exact) mass is 386 g/mol. The number of pyridine rings is 1. The van der Waals surface area contributed by atoms with Gasteiger partial charge in [-0.15, -0.1) is 0 Å². The van der Waals surface area contributed by atoms with Crippen molar-refractivity contribution in [3.8, 4) is 11.6 Å². The molecule has 0 aliphatic rings. The highest BCUT2D eigenvalue weighted by Crippen LogP contribution is 2.16. The van der Waals surface area contributed by atoms with E-state index < -0.39 is 0 Å². The molecule has 0 unspecified atom stereocenters. The Balaban J connectivity index is 1.35. The van der Waals surface area contributed by atoms with Crippen LogP contribution >= 0.6 is 0 Å². The van der Waals surface area contributed by atoms with Gasteiger partial charge in [-0.25, -0.2) is 9.67 Å². The van der Waals surface area contributed by atoms with Crippen LogP contribution in [0.2, 0.25) is 0 Å². The largest absolute Gasteiger partial charge is 0.489 e. The van der Waals surface area contributed by atoms with E-state index in [0.717, 1.165) is 28.3 Å². The maximum Gasteiger partial charge on any atom is 0.174 e. The lowest BCUT2D eigenvalue weighted by atomic mass is 10.2. The minimum Gasteiger partial charge on any atom is -0.489 e. The molecule has 0 spiro atoms. The van der Waals surface area contributed by atoms with Crippen molar-refractivity contribution in [1.29, 1.82) is 0 Å². The number of aryl methyl sites for hydroxylation is 2. The molecule has 3 aromatic heterocycles. The molecular weight excluding hydrogens is 364 g/mol. The van der Waals surface area contributed by atoms with Crippen molar-refractivity contribution in [2.45, 2.75) is 27.0 Å². The van der Waals surface area contributed by atoms with Gasteiger partial charge in [-0.1, -0.05) is 18.2 Å². The molecule has 1 N–H and O–H groups in total. The van der Waals surface area contributed by atoms with Crippen LogP contribution in [0.25, 0.3) is 5.82 Å². The van der Waals surface area contributed by atoms with Crippen molar-refractivity contribution in [1.82, 2.24) is 24.7 Å². The molecule has 0 saturated carbocycles. The summed E-state index contributed by atoms with van der Waals surface area (Å²) in [7, 11) is 0. The van der Waals surface area contributed by atoms with E-state index in [0.29, 0.717) is 24.8 Å². The van der Waals surface area contributed by atoms with Gasteiger partial charge in [0.2, 0.25) is 0 Å². The Morgan fingerprint density at radius 1 is 0.966 bits per heavy atom. The average molecular weight is 386 g/mol. The molecule has 0 fully saturated rings. The molecule has 0 amide bonds. The molecule has 0 bridgehead atoms. The molecule has 3 heterocycles. The van der Waals surface area contributed by atoms with Gasteiger partial charge in [-0.2, -0.15) is 5.10 Å². The van der Waals surface area contributed by atoms with Gasteiger partial charge < -0.3 is 10.1 Å². The fraction of sp³-hybridized carbons (Fsp3) is 0.182. The smallest absolute Gasteiger partial charge is 0.174 e. The van der Waals surface area contributed by atoms with E-state index in [1.54, 1.807) is 29.5 Å². The van der Waals surface area contributed by atoms with Gasteiger partial charge in [0.1, 0.15) is 18.2 Å². The molecule has 0 aliphatic carbocycles. The topological polar surface area (TPSA) is 77.8 Å². The summed E-state index contributed by atoms with van der Waals surface area (Å²) in [5, 5.41) is 7.77. The number of aromatic nitrogens is 5. The van der Waals surface area contributed by atoms with E-state index in [-0.39, 0.29) is 0 Å². The van der Waals surface area contributed by atoms with Crippen LogP contribution in [0.3, 0.4) is 0 Å². The minimum atomic E-state index is 0.500. The Hall–Kier alpha value is -3.74. The molecule has 1 aromatic carbocycles. The van der Waals surface area contributed by atoms with Crippen LogP contribution in [0, 0.1) is 13.8 Å². The molecule has 146 valence electrons. The third-order valence-electron chi connectivity index (χ3n) is 4.37. The van der Waals surface area contributed by atoms with Gasteiger partial charge in [0.25, 0.3) is 0 Å². The molecular formula is C22H22N6O. The average Bonchev–Trinajstić information content (AvgIpc) is 3.10. The van der Waals surface area contributed by atoms with Crippen LogP contribution in [0.15, 0.2) is 67.3 Å². The van der Waals surface area contributed by atoms with Crippen molar-refractivity contribution >= 4 is 5.82 Å². The highest BCUT2D eigenvalue weighted by molar-refractivity contribution is 5.38. The first-order chi connectivity index (χ1) is 14.2. The predicted octanol–water partition coefficient (Wildman–Crippen LogP) is 3.87. The van der Waals surface area contributed by atoms with Gasteiger partial charge in [0, 0.05) is 30.2 Å². The molecule has 0 radical (unpaired) electrons. The van der Waals surface area contributed by atoms with Crippen LogP contribution in [0.4, 0.5) is 5.82 Å². The fourth-order valence-corrected chi connectivity index (χ4v) is 2.95. The number of ether oxygens (including phenoxy) is 1. The second-order valence-electron chi connectivity index (χ2n) is 6.75. The van der Waals surface area contributed by atoms with Crippen LogP contribution in [0.1, 0.15) is 22.5 Å². The third kappa shape index (κ3) is 4.76. The maximum absolute atomic E-state index is 5.80. The van der Waals surface area contributed by atoms with Crippen LogP contribution in [-0.2, 0) is 13.2 Å². The van der Waals surface area contributed by atoms with Gasteiger partial charge in [-0.3, -0.25) is 9.97 Å². The van der Waals surface area contributed by atoms with Crippen molar-refractivity contribution in [2.75, 3.05) is 5.32 Å². The van der Waals surface area contributed by atoms with Gasteiger partial charge >= 0.3 is 0 Å². The SMILES string of the molecule is Cc1cc(C)n(-c2cncc(NCc3ccc(OCc4cccnc4)cc3)n2)n1. The number of anilines is 1. The van der Waals surface area contributed by atoms with E-state index in [1.807, 2.05) is 56.3 Å². The normalized spacial score (nSPS) is 10.7. The molecule has 0 atom stereocenters. The Bertz CT molecular complexity index is 1080. The molecule has 4 rings (SSSR count). The van der Waals surface area contributed by atoms with Crippen LogP contribution in [0.5, 0.6) is 5.75 Å². The number of hydrogen-bond donors (Lipinski definition) is 1. The summed E-state index contributed by atoms with van der Waals surface area (Å²) in [6.45, 7) is 5.10. The Kier molecular flexibility index (Phi) is 5.47. The van der Waals surface area contributed by atoms with Crippen LogP contribution < -0.4 is 10.1 Å². The summed E-state index contributed by atoms with van der Waals surface area (Å²) in [6, 6.07) is 13.9. The lowest BCUT2D eigenvalue weighted by Crippen LogP contribution is -2.07. The summed E-state index contributed by atoms with van der Waals surface area (Å²) < 4.78 is 7.59. The first-order valence-electron chi connectivity index (χ1n) is 9.37. The standard InChI is InChI=1S/C22H22N6O/c1-16-10-17(2)28(27-16)22-14-24-13-21(26-22)25-12-18-5-7-20(8-6-18)29-15-19-4-3-9-23-11-19/h3-11,13-14H,12,15H2,1-2H3,(H,25,26). The van der Waals surface area contributed by atoms with E-state index >= 15 is 0 Å². The molecule has 29 heavy (non-hydrogen) atoms. The van der Waals surface area contributed by atoms with Crippen molar-refractivity contribution < 1.29 is 4.74 Å². The zero-order chi connectivity index (χ0) is 20.1. The number of hydrogen-bond acceptors (Lipinski definition) is 6. The molecule has 4 aromatic rings. The Morgan fingerprint density at radius 2 is 1.83 bits per heavy atom. The second-order valence-corrected chi connectivity index (χ2v) is 6.75. The zero-order valence-corrected chi connectivity index (χ0v) is 16.4. The zero-order valence-electron chi connectivity index (χ0n) is 16.4. The maximum atomic E-state index is 5.80. The van der Waals surface area contributed by atoms with Crippen LogP contribution in [-0.4, -0.2) is 24.7 Å². The molecule has 0 aliphatic heterocycles. The number of benzene rings is 1. The number of rotatable bonds is 7. The highest BCUT2D eigenvalue weighted by Gasteiger charge is 2.06. The number of nitrogens with zero attached hydrogens (tertiary/aromatic N) is 5. The van der Waals surface area contributed by atoms with Gasteiger partial charge in [-0.05, 0) is 43.7 Å². The van der Waals surface area contributed by atoms with E-state index in [1.165, 1.54) is 0 Å². The number of nitrogens with one attached hydrogen (secondary N) is 1. The van der Waals surface area contributed by atoms with E-state index in [9.17, 15) is 0 Å². The predicted molar refractivity (Wildman–Crippen MR) is 111 cm³/mol. The van der Waals surface area contributed by atoms with E-state index in [2.05, 4.69) is 25.4 Å². The summed E-state index contributed by atoms with van der Waals surface area (Å²) in [4.78, 5) is 13.0. The first kappa shape index (κ1) is 18.6. The Labute approximate surface area is 169 Å². The minimum absolute atomic E-state index is 0.500. The molecule has 0 saturated heterocycles. The summed E-state index contributed by atoms with van der Waals surface area (Å²) in [5.41, 5.74) is 4.14. The van der Waals surface area contributed by atoms with Crippen molar-refractivity contribution in [2.24, 2.45) is 0 Å².